The Morgan fingerprint density at radius 3 is 2.82 bits per heavy atom. The van der Waals surface area contributed by atoms with Crippen molar-refractivity contribution in [3.05, 3.63) is 46.4 Å². The van der Waals surface area contributed by atoms with Crippen molar-refractivity contribution in [3.63, 3.8) is 0 Å². The number of hydrogen-bond donors (Lipinski definition) is 0. The smallest absolute Gasteiger partial charge is 0.227 e. The van der Waals surface area contributed by atoms with E-state index in [1.807, 2.05) is 0 Å². The first-order valence-electron chi connectivity index (χ1n) is 6.25. The summed E-state index contributed by atoms with van der Waals surface area (Å²) in [5.41, 5.74) is 1.42. The average Bonchev–Trinajstić information content (AvgIpc) is 2.91. The predicted octanol–water partition coefficient (Wildman–Crippen LogP) is 4.52. The van der Waals surface area contributed by atoms with Gasteiger partial charge in [-0.3, -0.25) is 0 Å². The summed E-state index contributed by atoms with van der Waals surface area (Å²) in [6.07, 6.45) is 0. The van der Waals surface area contributed by atoms with Crippen molar-refractivity contribution >= 4 is 27.0 Å². The first-order valence-corrected chi connectivity index (χ1v) is 7.05. The van der Waals surface area contributed by atoms with Gasteiger partial charge in [0.25, 0.3) is 0 Å². The van der Waals surface area contributed by atoms with Crippen LogP contribution in [0.3, 0.4) is 0 Å². The van der Waals surface area contributed by atoms with Crippen molar-refractivity contribution in [2.24, 2.45) is 0 Å². The van der Waals surface area contributed by atoms with Crippen LogP contribution in [-0.2, 0) is 4.74 Å². The van der Waals surface area contributed by atoms with Crippen molar-refractivity contribution in [2.75, 3.05) is 13.9 Å². The number of oxazole rings is 1. The van der Waals surface area contributed by atoms with E-state index in [1.165, 1.54) is 13.2 Å². The highest BCUT2D eigenvalue weighted by Crippen LogP contribution is 2.31. The number of hydrogen-bond acceptors (Lipinski definition) is 4. The summed E-state index contributed by atoms with van der Waals surface area (Å²) in [4.78, 5) is 4.26. The number of nitrogens with zero attached hydrogens (tertiary/aromatic N) is 1. The van der Waals surface area contributed by atoms with Crippen LogP contribution in [0.15, 0.2) is 39.2 Å². The molecule has 0 bridgehead atoms. The van der Waals surface area contributed by atoms with Gasteiger partial charge in [0.2, 0.25) is 11.7 Å². The van der Waals surface area contributed by atoms with Gasteiger partial charge in [-0.15, -0.1) is 0 Å². The van der Waals surface area contributed by atoms with E-state index in [9.17, 15) is 8.78 Å². The van der Waals surface area contributed by atoms with Gasteiger partial charge in [0, 0.05) is 17.1 Å². The molecule has 2 aromatic carbocycles. The third kappa shape index (κ3) is 2.82. The fraction of sp³-hybridized carbons (Fsp3) is 0.133. The molecule has 0 aliphatic carbocycles. The van der Waals surface area contributed by atoms with Crippen LogP contribution in [0.1, 0.15) is 0 Å². The van der Waals surface area contributed by atoms with Crippen molar-refractivity contribution < 1.29 is 22.7 Å². The minimum atomic E-state index is -1.08. The van der Waals surface area contributed by atoms with Gasteiger partial charge in [0.05, 0.1) is 0 Å². The van der Waals surface area contributed by atoms with Crippen LogP contribution in [0, 0.1) is 11.6 Å². The molecule has 0 saturated carbocycles. The molecule has 3 rings (SSSR count). The summed E-state index contributed by atoms with van der Waals surface area (Å²) in [5.74, 6) is -2.22. The van der Waals surface area contributed by atoms with Gasteiger partial charge in [-0.25, -0.2) is 9.37 Å². The molecule has 22 heavy (non-hydrogen) atoms. The minimum absolute atomic E-state index is 0.175. The molecular weight excluding hydrogens is 360 g/mol. The van der Waals surface area contributed by atoms with Crippen LogP contribution >= 0.6 is 15.9 Å². The summed E-state index contributed by atoms with van der Waals surface area (Å²) in [7, 11) is 1.39. The normalized spacial score (nSPS) is 11.1. The maximum Gasteiger partial charge on any atom is 0.227 e. The topological polar surface area (TPSA) is 44.5 Å². The Morgan fingerprint density at radius 2 is 2.05 bits per heavy atom. The Bertz CT molecular complexity index is 835. The number of halogens is 3. The lowest BCUT2D eigenvalue weighted by Crippen LogP contribution is -2.02. The van der Waals surface area contributed by atoms with Gasteiger partial charge in [-0.2, -0.15) is 4.39 Å². The van der Waals surface area contributed by atoms with E-state index >= 15 is 0 Å². The zero-order chi connectivity index (χ0) is 15.7. The van der Waals surface area contributed by atoms with E-state index in [4.69, 9.17) is 13.9 Å². The fourth-order valence-electron chi connectivity index (χ4n) is 1.94. The maximum atomic E-state index is 13.7. The van der Waals surface area contributed by atoms with Gasteiger partial charge < -0.3 is 13.9 Å². The van der Waals surface area contributed by atoms with E-state index in [-0.39, 0.29) is 24.0 Å². The molecule has 0 spiro atoms. The molecule has 0 aliphatic heterocycles. The number of rotatable bonds is 4. The second-order valence-corrected chi connectivity index (χ2v) is 5.37. The van der Waals surface area contributed by atoms with Crippen LogP contribution in [0.5, 0.6) is 5.75 Å². The molecule has 0 unspecified atom stereocenters. The molecule has 3 aromatic rings. The van der Waals surface area contributed by atoms with Crippen molar-refractivity contribution in [1.29, 1.82) is 0 Å². The first kappa shape index (κ1) is 14.9. The van der Waals surface area contributed by atoms with Gasteiger partial charge in [0.1, 0.15) is 5.52 Å². The van der Waals surface area contributed by atoms with Crippen molar-refractivity contribution in [1.82, 2.24) is 4.98 Å². The lowest BCUT2D eigenvalue weighted by molar-refractivity contribution is 0.0478. The molecule has 4 nitrogen and oxygen atoms in total. The molecular formula is C15H10BrF2NO3. The number of ether oxygens (including phenoxy) is 2. The van der Waals surface area contributed by atoms with Crippen LogP contribution in [-0.4, -0.2) is 18.9 Å². The Kier molecular flexibility index (Phi) is 4.08. The highest BCUT2D eigenvalue weighted by molar-refractivity contribution is 9.10. The van der Waals surface area contributed by atoms with Gasteiger partial charge in [-0.1, -0.05) is 15.9 Å². The highest BCUT2D eigenvalue weighted by Gasteiger charge is 2.16. The lowest BCUT2D eigenvalue weighted by Gasteiger charge is -2.07. The molecule has 0 radical (unpaired) electrons. The van der Waals surface area contributed by atoms with Gasteiger partial charge in [-0.05, 0) is 30.3 Å². The van der Waals surface area contributed by atoms with Gasteiger partial charge >= 0.3 is 0 Å². The monoisotopic (exact) mass is 369 g/mol. The molecule has 0 fully saturated rings. The van der Waals surface area contributed by atoms with Crippen LogP contribution in [0.2, 0.25) is 0 Å². The third-order valence-electron chi connectivity index (χ3n) is 2.92. The molecule has 0 aliphatic rings. The zero-order valence-electron chi connectivity index (χ0n) is 11.4. The minimum Gasteiger partial charge on any atom is -0.464 e. The quantitative estimate of drug-likeness (QED) is 0.634. The third-order valence-corrected chi connectivity index (χ3v) is 3.42. The van der Waals surface area contributed by atoms with Gasteiger partial charge in [0.15, 0.2) is 23.9 Å². The summed E-state index contributed by atoms with van der Waals surface area (Å²) in [6, 6.07) is 7.63. The Morgan fingerprint density at radius 1 is 1.23 bits per heavy atom. The second kappa shape index (κ2) is 6.02. The molecule has 0 atom stereocenters. The van der Waals surface area contributed by atoms with E-state index in [0.29, 0.717) is 11.1 Å². The molecule has 0 saturated heterocycles. The number of fused-ring (bicyclic) bond motifs is 1. The van der Waals surface area contributed by atoms with Crippen LogP contribution < -0.4 is 4.74 Å². The van der Waals surface area contributed by atoms with E-state index in [1.54, 1.807) is 18.2 Å². The second-order valence-electron chi connectivity index (χ2n) is 4.45. The summed E-state index contributed by atoms with van der Waals surface area (Å²) in [6.45, 7) is -0.194. The summed E-state index contributed by atoms with van der Waals surface area (Å²) in [5, 5.41) is 0. The van der Waals surface area contributed by atoms with Crippen molar-refractivity contribution in [3.8, 4) is 17.2 Å². The molecule has 114 valence electrons. The molecule has 0 N–H and O–H groups in total. The number of benzene rings is 2. The largest absolute Gasteiger partial charge is 0.464 e. The van der Waals surface area contributed by atoms with Crippen molar-refractivity contribution in [2.45, 2.75) is 0 Å². The Balaban J connectivity index is 2.07. The summed E-state index contributed by atoms with van der Waals surface area (Å²) < 4.78 is 43.5. The molecule has 1 aromatic heterocycles. The number of aromatic nitrogens is 1. The SMILES string of the molecule is COCOc1cc(-c2nc3cc(Br)ccc3o2)cc(F)c1F. The average molecular weight is 370 g/mol. The number of methoxy groups -OCH3 is 1. The molecule has 1 heterocycles. The Labute approximate surface area is 132 Å². The van der Waals surface area contributed by atoms with Crippen LogP contribution in [0.4, 0.5) is 8.78 Å². The van der Waals surface area contributed by atoms with E-state index < -0.39 is 11.6 Å². The highest BCUT2D eigenvalue weighted by atomic mass is 79.9. The van der Waals surface area contributed by atoms with E-state index in [0.717, 1.165) is 10.5 Å². The van der Waals surface area contributed by atoms with E-state index in [2.05, 4.69) is 20.9 Å². The van der Waals surface area contributed by atoms with Crippen LogP contribution in [0.25, 0.3) is 22.6 Å². The Hall–Kier alpha value is -1.99. The molecule has 0 amide bonds. The predicted molar refractivity (Wildman–Crippen MR) is 79.6 cm³/mol. The first-order chi connectivity index (χ1) is 10.6. The maximum absolute atomic E-state index is 13.7. The lowest BCUT2D eigenvalue weighted by atomic mass is 10.2. The standard InChI is InChI=1S/C15H10BrF2NO3/c1-20-7-21-13-5-8(4-10(17)14(13)18)15-19-11-6-9(16)2-3-12(11)22-15/h2-6H,7H2,1H3. The summed E-state index contributed by atoms with van der Waals surface area (Å²) >= 11 is 3.33. The molecule has 7 heteroatoms. The zero-order valence-corrected chi connectivity index (χ0v) is 13.0. The fourth-order valence-corrected chi connectivity index (χ4v) is 2.29.